The topological polar surface area (TPSA) is 38.1 Å². The van der Waals surface area contributed by atoms with Crippen molar-refractivity contribution >= 4 is 0 Å². The second-order valence-corrected chi connectivity index (χ2v) is 4.05. The van der Waals surface area contributed by atoms with Crippen LogP contribution in [0.3, 0.4) is 0 Å². The van der Waals surface area contributed by atoms with Gasteiger partial charge in [-0.15, -0.1) is 0 Å². The van der Waals surface area contributed by atoms with E-state index in [4.69, 9.17) is 4.42 Å². The molecular formula is C10H16N2O. The Labute approximate surface area is 78.5 Å². The Morgan fingerprint density at radius 2 is 2.15 bits per heavy atom. The molecule has 3 heteroatoms. The lowest BCUT2D eigenvalue weighted by Crippen LogP contribution is -2.37. The van der Waals surface area contributed by atoms with Crippen molar-refractivity contribution in [2.45, 2.75) is 32.1 Å². The zero-order chi connectivity index (χ0) is 9.31. The van der Waals surface area contributed by atoms with Crippen LogP contribution in [0, 0.1) is 6.92 Å². The van der Waals surface area contributed by atoms with E-state index in [9.17, 15) is 0 Å². The van der Waals surface area contributed by atoms with Gasteiger partial charge in [0.1, 0.15) is 5.76 Å². The predicted octanol–water partition coefficient (Wildman–Crippen LogP) is 1.62. The molecule has 1 aliphatic heterocycles. The Hall–Kier alpha value is -0.830. The first kappa shape index (κ1) is 8.75. The molecule has 1 fully saturated rings. The molecular weight excluding hydrogens is 164 g/mol. The van der Waals surface area contributed by atoms with E-state index < -0.39 is 0 Å². The first-order chi connectivity index (χ1) is 6.21. The maximum Gasteiger partial charge on any atom is 0.191 e. The van der Waals surface area contributed by atoms with E-state index in [-0.39, 0.29) is 5.41 Å². The number of hydrogen-bond donors (Lipinski definition) is 1. The van der Waals surface area contributed by atoms with Crippen molar-refractivity contribution in [3.8, 4) is 0 Å². The summed E-state index contributed by atoms with van der Waals surface area (Å²) in [6, 6.07) is 0. The van der Waals surface area contributed by atoms with E-state index in [0.29, 0.717) is 0 Å². The lowest BCUT2D eigenvalue weighted by molar-refractivity contribution is 0.274. The van der Waals surface area contributed by atoms with Crippen LogP contribution < -0.4 is 5.32 Å². The SMILES string of the molecule is Cc1ncc(C2(C)CCNCC2)o1. The summed E-state index contributed by atoms with van der Waals surface area (Å²) in [5, 5.41) is 3.35. The highest BCUT2D eigenvalue weighted by Gasteiger charge is 2.31. The Balaban J connectivity index is 2.22. The molecule has 0 aromatic carbocycles. The van der Waals surface area contributed by atoms with Crippen molar-refractivity contribution in [3.63, 3.8) is 0 Å². The van der Waals surface area contributed by atoms with Gasteiger partial charge in [-0.3, -0.25) is 0 Å². The molecule has 0 saturated carbocycles. The minimum atomic E-state index is 0.201. The standard InChI is InChI=1S/C10H16N2O/c1-8-12-7-9(13-8)10(2)3-5-11-6-4-10/h7,11H,3-6H2,1-2H3. The molecule has 1 aromatic heterocycles. The minimum Gasteiger partial charge on any atom is -0.445 e. The van der Waals surface area contributed by atoms with Crippen LogP contribution in [0.25, 0.3) is 0 Å². The highest BCUT2D eigenvalue weighted by molar-refractivity contribution is 5.11. The summed E-state index contributed by atoms with van der Waals surface area (Å²) in [4.78, 5) is 4.15. The summed E-state index contributed by atoms with van der Waals surface area (Å²) in [5.74, 6) is 1.82. The number of piperidine rings is 1. The van der Waals surface area contributed by atoms with Gasteiger partial charge in [-0.1, -0.05) is 6.92 Å². The third-order valence-corrected chi connectivity index (χ3v) is 2.92. The lowest BCUT2D eigenvalue weighted by Gasteiger charge is -2.31. The molecule has 0 atom stereocenters. The maximum absolute atomic E-state index is 5.59. The van der Waals surface area contributed by atoms with Crippen LogP contribution >= 0.6 is 0 Å². The van der Waals surface area contributed by atoms with Crippen LogP contribution in [0.4, 0.5) is 0 Å². The smallest absolute Gasteiger partial charge is 0.191 e. The van der Waals surface area contributed by atoms with Crippen molar-refractivity contribution in [1.82, 2.24) is 10.3 Å². The molecule has 0 bridgehead atoms. The van der Waals surface area contributed by atoms with E-state index in [1.807, 2.05) is 13.1 Å². The Kier molecular flexibility index (Phi) is 2.12. The molecule has 2 heterocycles. The highest BCUT2D eigenvalue weighted by atomic mass is 16.4. The number of oxazole rings is 1. The van der Waals surface area contributed by atoms with Crippen molar-refractivity contribution in [1.29, 1.82) is 0 Å². The van der Waals surface area contributed by atoms with Crippen molar-refractivity contribution in [2.75, 3.05) is 13.1 Å². The molecule has 72 valence electrons. The molecule has 1 aromatic rings. The van der Waals surface area contributed by atoms with Crippen molar-refractivity contribution in [3.05, 3.63) is 17.8 Å². The van der Waals surface area contributed by atoms with Gasteiger partial charge in [0.25, 0.3) is 0 Å². The molecule has 13 heavy (non-hydrogen) atoms. The molecule has 3 nitrogen and oxygen atoms in total. The van der Waals surface area contributed by atoms with Gasteiger partial charge < -0.3 is 9.73 Å². The van der Waals surface area contributed by atoms with Crippen molar-refractivity contribution < 1.29 is 4.42 Å². The molecule has 0 amide bonds. The summed E-state index contributed by atoms with van der Waals surface area (Å²) < 4.78 is 5.59. The average Bonchev–Trinajstić information content (AvgIpc) is 2.54. The van der Waals surface area contributed by atoms with Gasteiger partial charge in [0, 0.05) is 12.3 Å². The van der Waals surface area contributed by atoms with Gasteiger partial charge in [0.05, 0.1) is 6.20 Å². The van der Waals surface area contributed by atoms with E-state index >= 15 is 0 Å². The van der Waals surface area contributed by atoms with Gasteiger partial charge >= 0.3 is 0 Å². The van der Waals surface area contributed by atoms with Gasteiger partial charge in [0.2, 0.25) is 0 Å². The summed E-state index contributed by atoms with van der Waals surface area (Å²) in [5.41, 5.74) is 0.201. The third kappa shape index (κ3) is 1.61. The molecule has 0 aliphatic carbocycles. The number of nitrogens with one attached hydrogen (secondary N) is 1. The second-order valence-electron chi connectivity index (χ2n) is 4.05. The molecule has 1 N–H and O–H groups in total. The van der Waals surface area contributed by atoms with E-state index in [1.165, 1.54) is 0 Å². The second kappa shape index (κ2) is 3.14. The lowest BCUT2D eigenvalue weighted by atomic mass is 9.79. The van der Waals surface area contributed by atoms with Crippen LogP contribution in [0.1, 0.15) is 31.4 Å². The summed E-state index contributed by atoms with van der Waals surface area (Å²) in [6.45, 7) is 6.31. The number of hydrogen-bond acceptors (Lipinski definition) is 3. The quantitative estimate of drug-likeness (QED) is 0.713. The van der Waals surface area contributed by atoms with Crippen LogP contribution in [0.2, 0.25) is 0 Å². The fourth-order valence-electron chi connectivity index (χ4n) is 1.87. The average molecular weight is 180 g/mol. The third-order valence-electron chi connectivity index (χ3n) is 2.92. The fourth-order valence-corrected chi connectivity index (χ4v) is 1.87. The summed E-state index contributed by atoms with van der Waals surface area (Å²) >= 11 is 0. The Bertz CT molecular complexity index is 287. The first-order valence-corrected chi connectivity index (χ1v) is 4.84. The number of aromatic nitrogens is 1. The minimum absolute atomic E-state index is 0.201. The van der Waals surface area contributed by atoms with E-state index in [0.717, 1.165) is 37.6 Å². The molecule has 1 aliphatic rings. The van der Waals surface area contributed by atoms with Crippen molar-refractivity contribution in [2.24, 2.45) is 0 Å². The zero-order valence-electron chi connectivity index (χ0n) is 8.26. The molecule has 0 unspecified atom stereocenters. The number of aryl methyl sites for hydroxylation is 1. The zero-order valence-corrected chi connectivity index (χ0v) is 8.26. The van der Waals surface area contributed by atoms with E-state index in [1.54, 1.807) is 0 Å². The molecule has 1 saturated heterocycles. The number of nitrogens with zero attached hydrogens (tertiary/aromatic N) is 1. The van der Waals surface area contributed by atoms with Gasteiger partial charge in [-0.05, 0) is 25.9 Å². The highest BCUT2D eigenvalue weighted by Crippen LogP contribution is 2.32. The first-order valence-electron chi connectivity index (χ1n) is 4.84. The monoisotopic (exact) mass is 180 g/mol. The van der Waals surface area contributed by atoms with Crippen LogP contribution in [0.15, 0.2) is 10.6 Å². The molecule has 0 radical (unpaired) electrons. The fraction of sp³-hybridized carbons (Fsp3) is 0.700. The predicted molar refractivity (Wildman–Crippen MR) is 50.7 cm³/mol. The Morgan fingerprint density at radius 1 is 1.46 bits per heavy atom. The summed E-state index contributed by atoms with van der Waals surface area (Å²) in [6.07, 6.45) is 4.16. The Morgan fingerprint density at radius 3 is 2.69 bits per heavy atom. The normalized spacial score (nSPS) is 21.7. The van der Waals surface area contributed by atoms with Crippen LogP contribution in [-0.4, -0.2) is 18.1 Å². The molecule has 2 rings (SSSR count). The summed E-state index contributed by atoms with van der Waals surface area (Å²) in [7, 11) is 0. The van der Waals surface area contributed by atoms with Crippen LogP contribution in [0.5, 0.6) is 0 Å². The maximum atomic E-state index is 5.59. The largest absolute Gasteiger partial charge is 0.445 e. The van der Waals surface area contributed by atoms with Gasteiger partial charge in [-0.2, -0.15) is 0 Å². The van der Waals surface area contributed by atoms with Gasteiger partial charge in [-0.25, -0.2) is 4.98 Å². The van der Waals surface area contributed by atoms with Gasteiger partial charge in [0.15, 0.2) is 5.89 Å². The van der Waals surface area contributed by atoms with E-state index in [2.05, 4.69) is 17.2 Å². The van der Waals surface area contributed by atoms with Crippen LogP contribution in [-0.2, 0) is 5.41 Å². The number of rotatable bonds is 1. The molecule has 0 spiro atoms.